The molecular weight excluding hydrogens is 194 g/mol. The molecule has 8 heteroatoms. The summed E-state index contributed by atoms with van der Waals surface area (Å²) in [5.41, 5.74) is 8.04. The molecule has 0 aliphatic carbocycles. The summed E-state index contributed by atoms with van der Waals surface area (Å²) in [7, 11) is 0. The third kappa shape index (κ3) is 2.37. The van der Waals surface area contributed by atoms with Gasteiger partial charge in [0.2, 0.25) is 5.69 Å². The van der Waals surface area contributed by atoms with E-state index in [0.29, 0.717) is 11.4 Å². The van der Waals surface area contributed by atoms with Crippen molar-refractivity contribution in [3.05, 3.63) is 16.6 Å². The van der Waals surface area contributed by atoms with Gasteiger partial charge in [0.05, 0.1) is 0 Å². The molecule has 7 nitrogen and oxygen atoms in total. The average molecular weight is 201 g/mol. The minimum Gasteiger partial charge on any atom is -0.375 e. The number of rotatable bonds is 2. The number of nitrogens with zero attached hydrogens (tertiary/aromatic N) is 3. The third-order valence-corrected chi connectivity index (χ3v) is 1.31. The van der Waals surface area contributed by atoms with Crippen molar-refractivity contribution in [2.24, 2.45) is 10.8 Å². The highest BCUT2D eigenvalue weighted by molar-refractivity contribution is 7.80. The maximum Gasteiger partial charge on any atom is 0.263 e. The predicted molar refractivity (Wildman–Crippen MR) is 47.7 cm³/mol. The second-order valence-electron chi connectivity index (χ2n) is 2.13. The fourth-order valence-corrected chi connectivity index (χ4v) is 0.629. The zero-order valence-corrected chi connectivity index (χ0v) is 7.54. The molecule has 0 amide bonds. The van der Waals surface area contributed by atoms with Crippen molar-refractivity contribution in [3.8, 4) is 0 Å². The van der Waals surface area contributed by atoms with Crippen molar-refractivity contribution < 1.29 is 9.53 Å². The maximum atomic E-state index is 10.7. The Kier molecular flexibility index (Phi) is 2.75. The monoisotopic (exact) mass is 201 g/mol. The fourth-order valence-electron chi connectivity index (χ4n) is 0.576. The lowest BCUT2D eigenvalue weighted by atomic mass is 10.4. The first-order valence-corrected chi connectivity index (χ1v) is 3.67. The number of thiocarbonyl (C=S) groups is 1. The molecule has 0 aliphatic heterocycles. The van der Waals surface area contributed by atoms with Crippen LogP contribution in [0.15, 0.2) is 9.73 Å². The van der Waals surface area contributed by atoms with Gasteiger partial charge < -0.3 is 10.9 Å². The van der Waals surface area contributed by atoms with Crippen LogP contribution in [0.3, 0.4) is 0 Å². The molecule has 0 radical (unpaired) electrons. The number of hydrogen-bond donors (Lipinski definition) is 2. The Labute approximate surface area is 78.7 Å². The van der Waals surface area contributed by atoms with Crippen LogP contribution in [-0.2, 0) is 0 Å². The van der Waals surface area contributed by atoms with Crippen LogP contribution < -0.4 is 16.1 Å². The summed E-state index contributed by atoms with van der Waals surface area (Å²) in [5, 5.41) is 17.7. The fraction of sp³-hybridized carbons (Fsp3) is 0.200. The van der Waals surface area contributed by atoms with Gasteiger partial charge in [-0.1, -0.05) is 0 Å². The zero-order valence-electron chi connectivity index (χ0n) is 6.72. The molecule has 70 valence electrons. The first-order valence-electron chi connectivity index (χ1n) is 3.26. The van der Waals surface area contributed by atoms with Crippen molar-refractivity contribution in [1.82, 2.24) is 10.6 Å². The van der Waals surface area contributed by atoms with E-state index in [1.54, 1.807) is 6.92 Å². The molecule has 1 aromatic heterocycles. The van der Waals surface area contributed by atoms with E-state index in [1.165, 1.54) is 6.21 Å². The average Bonchev–Trinajstić information content (AvgIpc) is 2.35. The van der Waals surface area contributed by atoms with E-state index >= 15 is 0 Å². The van der Waals surface area contributed by atoms with Gasteiger partial charge in [0.25, 0.3) is 5.69 Å². The van der Waals surface area contributed by atoms with Crippen LogP contribution in [0.2, 0.25) is 0 Å². The third-order valence-electron chi connectivity index (χ3n) is 1.22. The highest BCUT2D eigenvalue weighted by atomic mass is 32.1. The lowest BCUT2D eigenvalue weighted by Gasteiger charge is -1.90. The molecular formula is C5H7N5O2S. The summed E-state index contributed by atoms with van der Waals surface area (Å²) in [6.45, 7) is 1.55. The van der Waals surface area contributed by atoms with Crippen LogP contribution in [0.5, 0.6) is 0 Å². The Morgan fingerprint density at radius 3 is 3.08 bits per heavy atom. The molecule has 1 heterocycles. The highest BCUT2D eigenvalue weighted by Gasteiger charge is 2.10. The topological polar surface area (TPSA) is 103 Å². The molecule has 0 saturated heterocycles. The summed E-state index contributed by atoms with van der Waals surface area (Å²) in [6.07, 6.45) is 1.28. The first-order chi connectivity index (χ1) is 6.11. The van der Waals surface area contributed by atoms with Gasteiger partial charge in [-0.3, -0.25) is 10.1 Å². The molecule has 0 saturated carbocycles. The van der Waals surface area contributed by atoms with Crippen molar-refractivity contribution in [1.29, 1.82) is 0 Å². The predicted octanol–water partition coefficient (Wildman–Crippen LogP) is -1.22. The quantitative estimate of drug-likeness (QED) is 0.269. The second kappa shape index (κ2) is 3.81. The van der Waals surface area contributed by atoms with Gasteiger partial charge in [-0.05, 0) is 17.1 Å². The summed E-state index contributed by atoms with van der Waals surface area (Å²) < 4.78 is 4.28. The van der Waals surface area contributed by atoms with Crippen LogP contribution in [0.4, 0.5) is 0 Å². The molecule has 0 atom stereocenters. The molecule has 3 N–H and O–H groups in total. The summed E-state index contributed by atoms with van der Waals surface area (Å²) in [6, 6.07) is 0. The van der Waals surface area contributed by atoms with E-state index in [9.17, 15) is 5.21 Å². The summed E-state index contributed by atoms with van der Waals surface area (Å²) >= 11 is 4.49. The van der Waals surface area contributed by atoms with Crippen LogP contribution in [0, 0.1) is 12.1 Å². The normalized spacial score (nSPS) is 10.5. The Balaban J connectivity index is 2.69. The molecule has 13 heavy (non-hydrogen) atoms. The molecule has 0 unspecified atom stereocenters. The molecule has 0 bridgehead atoms. The lowest BCUT2D eigenvalue weighted by molar-refractivity contribution is -0.806. The number of hydrogen-bond acceptors (Lipinski definition) is 5. The van der Waals surface area contributed by atoms with Crippen molar-refractivity contribution in [2.45, 2.75) is 6.92 Å². The molecule has 0 aromatic carbocycles. The molecule has 0 fully saturated rings. The van der Waals surface area contributed by atoms with Crippen LogP contribution in [0.1, 0.15) is 11.4 Å². The van der Waals surface area contributed by atoms with Crippen molar-refractivity contribution >= 4 is 23.5 Å². The van der Waals surface area contributed by atoms with Crippen molar-refractivity contribution in [3.63, 3.8) is 0 Å². The maximum absolute atomic E-state index is 10.7. The minimum absolute atomic E-state index is 0.0346. The smallest absolute Gasteiger partial charge is 0.263 e. The van der Waals surface area contributed by atoms with Gasteiger partial charge in [-0.2, -0.15) is 5.10 Å². The largest absolute Gasteiger partial charge is 0.375 e. The summed E-state index contributed by atoms with van der Waals surface area (Å²) in [5.74, 6) is 0. The van der Waals surface area contributed by atoms with E-state index in [1.807, 2.05) is 0 Å². The van der Waals surface area contributed by atoms with Gasteiger partial charge >= 0.3 is 0 Å². The van der Waals surface area contributed by atoms with Crippen molar-refractivity contribution in [2.75, 3.05) is 0 Å². The second-order valence-corrected chi connectivity index (χ2v) is 2.57. The van der Waals surface area contributed by atoms with Gasteiger partial charge in [-0.15, -0.1) is 0 Å². The number of aromatic nitrogens is 2. The molecule has 0 aliphatic rings. The lowest BCUT2D eigenvalue weighted by Crippen LogP contribution is -2.26. The summed E-state index contributed by atoms with van der Waals surface area (Å²) in [4.78, 5) is 0.280. The number of nitrogens with one attached hydrogen (secondary N) is 1. The van der Waals surface area contributed by atoms with E-state index in [0.717, 1.165) is 0 Å². The Bertz CT molecular complexity index is 347. The van der Waals surface area contributed by atoms with E-state index in [-0.39, 0.29) is 10.0 Å². The van der Waals surface area contributed by atoms with E-state index < -0.39 is 0 Å². The Morgan fingerprint density at radius 2 is 2.62 bits per heavy atom. The molecule has 1 aromatic rings. The van der Waals surface area contributed by atoms with Crippen LogP contribution >= 0.6 is 12.2 Å². The van der Waals surface area contributed by atoms with E-state index in [4.69, 9.17) is 5.73 Å². The van der Waals surface area contributed by atoms with Gasteiger partial charge in [-0.25, -0.2) is 0 Å². The van der Waals surface area contributed by atoms with E-state index in [2.05, 4.69) is 32.5 Å². The Morgan fingerprint density at radius 1 is 1.92 bits per heavy atom. The SMILES string of the molecule is Cc1c(/C=N/NC(N)=S)no[n+]1[O-]. The van der Waals surface area contributed by atoms with Gasteiger partial charge in [0.15, 0.2) is 5.11 Å². The minimum atomic E-state index is 0.0346. The Hall–Kier alpha value is -1.70. The number of nitrogens with two attached hydrogens (primary N) is 1. The first kappa shape index (κ1) is 9.39. The zero-order chi connectivity index (χ0) is 9.84. The highest BCUT2D eigenvalue weighted by Crippen LogP contribution is 1.92. The standard InChI is InChI=1S/C5H7N5O2S/c1-3-4(9-12-10(3)11)2-7-8-5(6)13/h2H,1H3,(H3,6,8,13)/b7-2+. The molecule has 0 spiro atoms. The van der Waals surface area contributed by atoms with Gasteiger partial charge in [0, 0.05) is 12.1 Å². The molecule has 1 rings (SSSR count). The number of hydrazone groups is 1. The van der Waals surface area contributed by atoms with Crippen LogP contribution in [0.25, 0.3) is 0 Å². The van der Waals surface area contributed by atoms with Crippen LogP contribution in [-0.4, -0.2) is 16.5 Å². The van der Waals surface area contributed by atoms with Gasteiger partial charge in [0.1, 0.15) is 6.21 Å².